The van der Waals surface area contributed by atoms with Crippen molar-refractivity contribution in [2.24, 2.45) is 0 Å². The molecule has 0 saturated heterocycles. The summed E-state index contributed by atoms with van der Waals surface area (Å²) in [6.45, 7) is 17.8. The van der Waals surface area contributed by atoms with Crippen molar-refractivity contribution in [2.75, 3.05) is 93.0 Å². The molecule has 0 atom stereocenters. The highest BCUT2D eigenvalue weighted by Crippen LogP contribution is 2.36. The van der Waals surface area contributed by atoms with Crippen LogP contribution >= 0.6 is 0 Å². The zero-order valence-electron chi connectivity index (χ0n) is 21.1. The number of esters is 1. The summed E-state index contributed by atoms with van der Waals surface area (Å²) in [4.78, 5) is 10.9. The summed E-state index contributed by atoms with van der Waals surface area (Å²) in [5.74, 6) is -0.277. The minimum Gasteiger partial charge on any atom is -0.469 e. The van der Waals surface area contributed by atoms with E-state index in [9.17, 15) is 4.79 Å². The molecule has 0 aliphatic rings. The molecule has 0 bridgehead atoms. The van der Waals surface area contributed by atoms with Gasteiger partial charge in [0.05, 0.1) is 99.4 Å². The molecule has 32 heavy (non-hydrogen) atoms. The maximum Gasteiger partial charge on any atom is 0.307 e. The number of hydrogen-bond acceptors (Lipinski definition) is 9. The first-order valence-corrected chi connectivity index (χ1v) is 14.3. The van der Waals surface area contributed by atoms with Crippen LogP contribution in [0.4, 0.5) is 0 Å². The van der Waals surface area contributed by atoms with Gasteiger partial charge in [-0.2, -0.15) is 0 Å². The van der Waals surface area contributed by atoms with E-state index in [1.54, 1.807) is 0 Å². The SMILES string of the molecule is COC(=O)CCOCCOCCOCCOCCOCCOCCO[Si](C)(C)C(C)(C)C. The summed E-state index contributed by atoms with van der Waals surface area (Å²) in [7, 11) is -0.329. The average molecular weight is 483 g/mol. The van der Waals surface area contributed by atoms with Gasteiger partial charge in [-0.15, -0.1) is 0 Å². The van der Waals surface area contributed by atoms with Gasteiger partial charge in [0.2, 0.25) is 0 Å². The Labute approximate surface area is 195 Å². The molecule has 0 fully saturated rings. The van der Waals surface area contributed by atoms with Crippen molar-refractivity contribution in [1.29, 1.82) is 0 Å². The van der Waals surface area contributed by atoms with Crippen LogP contribution in [0.25, 0.3) is 0 Å². The Morgan fingerprint density at radius 2 is 0.906 bits per heavy atom. The van der Waals surface area contributed by atoms with E-state index in [1.165, 1.54) is 7.11 Å². The standard InChI is InChI=1S/C22H46O9Si/c1-22(2,3)32(5,6)31-20-19-30-18-17-29-16-15-28-14-13-27-12-11-26-10-9-25-8-7-21(23)24-4/h7-20H2,1-6H3. The molecular formula is C22H46O9Si. The lowest BCUT2D eigenvalue weighted by Crippen LogP contribution is -2.41. The largest absolute Gasteiger partial charge is 0.469 e. The quantitative estimate of drug-likeness (QED) is 0.131. The molecule has 0 aromatic heterocycles. The van der Waals surface area contributed by atoms with E-state index in [0.717, 1.165) is 0 Å². The second-order valence-corrected chi connectivity index (χ2v) is 13.4. The van der Waals surface area contributed by atoms with Crippen LogP contribution in [0.15, 0.2) is 0 Å². The first-order valence-electron chi connectivity index (χ1n) is 11.4. The minimum atomic E-state index is -1.69. The molecular weight excluding hydrogens is 436 g/mol. The first kappa shape index (κ1) is 31.4. The van der Waals surface area contributed by atoms with Crippen molar-refractivity contribution in [3.8, 4) is 0 Å². The van der Waals surface area contributed by atoms with Crippen LogP contribution in [0.3, 0.4) is 0 Å². The summed E-state index contributed by atoms with van der Waals surface area (Å²) < 4.78 is 43.0. The Morgan fingerprint density at radius 3 is 1.22 bits per heavy atom. The minimum absolute atomic E-state index is 0.221. The second kappa shape index (κ2) is 19.8. The van der Waals surface area contributed by atoms with Crippen molar-refractivity contribution in [3.63, 3.8) is 0 Å². The third-order valence-corrected chi connectivity index (χ3v) is 9.57. The van der Waals surface area contributed by atoms with E-state index in [2.05, 4.69) is 38.6 Å². The zero-order valence-corrected chi connectivity index (χ0v) is 22.1. The van der Waals surface area contributed by atoms with Crippen LogP contribution in [0.2, 0.25) is 18.1 Å². The number of hydrogen-bond donors (Lipinski definition) is 0. The molecule has 0 radical (unpaired) electrons. The third kappa shape index (κ3) is 18.9. The fourth-order valence-electron chi connectivity index (χ4n) is 2.03. The van der Waals surface area contributed by atoms with Gasteiger partial charge in [-0.3, -0.25) is 4.79 Å². The van der Waals surface area contributed by atoms with Gasteiger partial charge in [-0.05, 0) is 18.1 Å². The lowest BCUT2D eigenvalue weighted by Gasteiger charge is -2.36. The molecule has 0 spiro atoms. The molecule has 0 rings (SSSR count). The topological polar surface area (TPSA) is 90.9 Å². The number of methoxy groups -OCH3 is 1. The Kier molecular flexibility index (Phi) is 19.5. The van der Waals surface area contributed by atoms with E-state index in [-0.39, 0.29) is 17.4 Å². The molecule has 0 heterocycles. The molecule has 192 valence electrons. The van der Waals surface area contributed by atoms with Crippen LogP contribution in [0, 0.1) is 0 Å². The van der Waals surface area contributed by atoms with Crippen molar-refractivity contribution in [1.82, 2.24) is 0 Å². The number of rotatable bonds is 22. The smallest absolute Gasteiger partial charge is 0.307 e. The molecule has 0 N–H and O–H groups in total. The van der Waals surface area contributed by atoms with Gasteiger partial charge in [0.15, 0.2) is 8.32 Å². The Balaban J connectivity index is 3.19. The fourth-order valence-corrected chi connectivity index (χ4v) is 3.06. The van der Waals surface area contributed by atoms with Gasteiger partial charge < -0.3 is 37.6 Å². The summed E-state index contributed by atoms with van der Waals surface area (Å²) in [5, 5.41) is 0.221. The lowest BCUT2D eigenvalue weighted by molar-refractivity contribution is -0.141. The maximum atomic E-state index is 10.9. The highest BCUT2D eigenvalue weighted by atomic mass is 28.4. The molecule has 0 amide bonds. The van der Waals surface area contributed by atoms with Crippen molar-refractivity contribution in [3.05, 3.63) is 0 Å². The lowest BCUT2D eigenvalue weighted by atomic mass is 10.2. The Bertz CT molecular complexity index is 442. The molecule has 0 unspecified atom stereocenters. The highest BCUT2D eigenvalue weighted by molar-refractivity contribution is 6.74. The molecule has 10 heteroatoms. The molecule has 0 aromatic carbocycles. The monoisotopic (exact) mass is 482 g/mol. The fraction of sp³-hybridized carbons (Fsp3) is 0.955. The summed E-state index contributed by atoms with van der Waals surface area (Å²) in [5.41, 5.74) is 0. The molecule has 9 nitrogen and oxygen atoms in total. The Morgan fingerprint density at radius 1 is 0.594 bits per heavy atom. The highest BCUT2D eigenvalue weighted by Gasteiger charge is 2.36. The zero-order chi connectivity index (χ0) is 24.1. The summed E-state index contributed by atoms with van der Waals surface area (Å²) in [6.07, 6.45) is 0.255. The van der Waals surface area contributed by atoms with Crippen LogP contribution in [-0.2, 0) is 42.4 Å². The normalized spacial score (nSPS) is 12.3. The van der Waals surface area contributed by atoms with E-state index in [4.69, 9.17) is 32.8 Å². The van der Waals surface area contributed by atoms with Gasteiger partial charge in [-0.1, -0.05) is 20.8 Å². The van der Waals surface area contributed by atoms with Gasteiger partial charge >= 0.3 is 5.97 Å². The first-order chi connectivity index (χ1) is 15.2. The average Bonchev–Trinajstić information content (AvgIpc) is 2.73. The van der Waals surface area contributed by atoms with Crippen molar-refractivity contribution < 1.29 is 42.4 Å². The van der Waals surface area contributed by atoms with Crippen LogP contribution in [0.5, 0.6) is 0 Å². The molecule has 0 saturated carbocycles. The summed E-state index contributed by atoms with van der Waals surface area (Å²) >= 11 is 0. The van der Waals surface area contributed by atoms with Crippen LogP contribution < -0.4 is 0 Å². The van der Waals surface area contributed by atoms with Crippen LogP contribution in [0.1, 0.15) is 27.2 Å². The van der Waals surface area contributed by atoms with Gasteiger partial charge in [0.1, 0.15) is 0 Å². The van der Waals surface area contributed by atoms with Gasteiger partial charge in [-0.25, -0.2) is 0 Å². The molecule has 0 aliphatic carbocycles. The predicted molar refractivity (Wildman–Crippen MR) is 125 cm³/mol. The number of ether oxygens (including phenoxy) is 7. The maximum absolute atomic E-state index is 10.9. The van der Waals surface area contributed by atoms with E-state index >= 15 is 0 Å². The Hall–Kier alpha value is -0.593. The van der Waals surface area contributed by atoms with Gasteiger partial charge in [0.25, 0.3) is 0 Å². The van der Waals surface area contributed by atoms with Crippen molar-refractivity contribution in [2.45, 2.75) is 45.3 Å². The number of carbonyl (C=O) groups is 1. The predicted octanol–water partition coefficient (Wildman–Crippen LogP) is 2.67. The second-order valence-electron chi connectivity index (χ2n) is 8.61. The van der Waals surface area contributed by atoms with E-state index in [0.29, 0.717) is 85.9 Å². The van der Waals surface area contributed by atoms with Crippen molar-refractivity contribution >= 4 is 14.3 Å². The third-order valence-electron chi connectivity index (χ3n) is 5.04. The summed E-state index contributed by atoms with van der Waals surface area (Å²) in [6, 6.07) is 0. The molecule has 0 aromatic rings. The van der Waals surface area contributed by atoms with Crippen LogP contribution in [-0.4, -0.2) is 107 Å². The number of carbonyl (C=O) groups excluding carboxylic acids is 1. The van der Waals surface area contributed by atoms with E-state index < -0.39 is 8.32 Å². The molecule has 0 aliphatic heterocycles. The van der Waals surface area contributed by atoms with E-state index in [1.807, 2.05) is 0 Å². The van der Waals surface area contributed by atoms with Gasteiger partial charge in [0, 0.05) is 0 Å².